The Balaban J connectivity index is 0.00000128. The molecule has 0 saturated carbocycles. The molecule has 1 aliphatic heterocycles. The molecule has 2 N–H and O–H groups in total. The Hall–Kier alpha value is -0.710. The molecule has 0 aliphatic carbocycles. The third-order valence-electron chi connectivity index (χ3n) is 2.31. The van der Waals surface area contributed by atoms with Gasteiger partial charge in [-0.25, -0.2) is 0 Å². The van der Waals surface area contributed by atoms with E-state index in [9.17, 15) is 4.39 Å². The van der Waals surface area contributed by atoms with Gasteiger partial charge in [0, 0.05) is 17.1 Å². The summed E-state index contributed by atoms with van der Waals surface area (Å²) in [5.74, 6) is 1.22. The van der Waals surface area contributed by atoms with Crippen LogP contribution in [0.1, 0.15) is 18.0 Å². The Morgan fingerprint density at radius 2 is 2.00 bits per heavy atom. The molecule has 3 nitrogen and oxygen atoms in total. The molecule has 1 atom stereocenters. The summed E-state index contributed by atoms with van der Waals surface area (Å²) in [6, 6.07) is 2.96. The number of hydrogen-bond donors (Lipinski definition) is 1. The SMILES string of the molecule is Cl.N[C@@H](CCF)c1cc2c(cc1Cl)OCO2. The molecular formula is C10H12Cl2FNO2. The van der Waals surface area contributed by atoms with Crippen molar-refractivity contribution in [2.45, 2.75) is 12.5 Å². The van der Waals surface area contributed by atoms with Crippen LogP contribution in [0, 0.1) is 0 Å². The summed E-state index contributed by atoms with van der Waals surface area (Å²) in [5, 5.41) is 0.486. The highest BCUT2D eigenvalue weighted by Gasteiger charge is 2.19. The van der Waals surface area contributed by atoms with Gasteiger partial charge in [-0.15, -0.1) is 12.4 Å². The zero-order valence-electron chi connectivity index (χ0n) is 8.41. The summed E-state index contributed by atoms with van der Waals surface area (Å²) < 4.78 is 22.5. The number of ether oxygens (including phenoxy) is 2. The largest absolute Gasteiger partial charge is 0.454 e. The van der Waals surface area contributed by atoms with Crippen molar-refractivity contribution < 1.29 is 13.9 Å². The summed E-state index contributed by atoms with van der Waals surface area (Å²) in [6.45, 7) is -0.278. The monoisotopic (exact) mass is 267 g/mol. The van der Waals surface area contributed by atoms with Gasteiger partial charge >= 0.3 is 0 Å². The predicted molar refractivity (Wildman–Crippen MR) is 62.3 cm³/mol. The minimum Gasteiger partial charge on any atom is -0.454 e. The van der Waals surface area contributed by atoms with Crippen LogP contribution in [0.15, 0.2) is 12.1 Å². The van der Waals surface area contributed by atoms with Gasteiger partial charge in [0.1, 0.15) is 0 Å². The first-order chi connectivity index (χ1) is 7.22. The molecule has 0 bridgehead atoms. The van der Waals surface area contributed by atoms with Crippen molar-refractivity contribution in [1.82, 2.24) is 0 Å². The molecule has 2 rings (SSSR count). The molecule has 6 heteroatoms. The van der Waals surface area contributed by atoms with Crippen LogP contribution in [0.4, 0.5) is 4.39 Å². The molecule has 16 heavy (non-hydrogen) atoms. The van der Waals surface area contributed by atoms with Crippen LogP contribution in [0.3, 0.4) is 0 Å². The van der Waals surface area contributed by atoms with Crippen LogP contribution in [0.5, 0.6) is 11.5 Å². The molecule has 0 spiro atoms. The van der Waals surface area contributed by atoms with Crippen LogP contribution in [-0.2, 0) is 0 Å². The second-order valence-electron chi connectivity index (χ2n) is 3.31. The van der Waals surface area contributed by atoms with Gasteiger partial charge in [0.25, 0.3) is 0 Å². The normalized spacial score (nSPS) is 14.4. The quantitative estimate of drug-likeness (QED) is 0.916. The topological polar surface area (TPSA) is 44.5 Å². The highest BCUT2D eigenvalue weighted by molar-refractivity contribution is 6.31. The number of rotatable bonds is 3. The summed E-state index contributed by atoms with van der Waals surface area (Å²) in [6.07, 6.45) is 0.249. The van der Waals surface area contributed by atoms with E-state index < -0.39 is 12.7 Å². The Morgan fingerprint density at radius 3 is 2.62 bits per heavy atom. The average molecular weight is 268 g/mol. The summed E-state index contributed by atoms with van der Waals surface area (Å²) in [4.78, 5) is 0. The molecule has 0 fully saturated rings. The van der Waals surface area contributed by atoms with E-state index in [-0.39, 0.29) is 25.6 Å². The van der Waals surface area contributed by atoms with E-state index >= 15 is 0 Å². The third kappa shape index (κ3) is 2.51. The molecule has 0 radical (unpaired) electrons. The first-order valence-corrected chi connectivity index (χ1v) is 5.00. The first-order valence-electron chi connectivity index (χ1n) is 4.63. The number of fused-ring (bicyclic) bond motifs is 1. The lowest BCUT2D eigenvalue weighted by molar-refractivity contribution is 0.174. The van der Waals surface area contributed by atoms with E-state index in [0.29, 0.717) is 22.1 Å². The molecule has 0 unspecified atom stereocenters. The Kier molecular flexibility index (Phi) is 4.65. The highest BCUT2D eigenvalue weighted by atomic mass is 35.5. The van der Waals surface area contributed by atoms with E-state index in [2.05, 4.69) is 0 Å². The Bertz CT molecular complexity index is 376. The van der Waals surface area contributed by atoms with Gasteiger partial charge in [-0.2, -0.15) is 0 Å². The van der Waals surface area contributed by atoms with Gasteiger partial charge in [-0.3, -0.25) is 4.39 Å². The lowest BCUT2D eigenvalue weighted by atomic mass is 10.0. The van der Waals surface area contributed by atoms with Crippen molar-refractivity contribution in [3.8, 4) is 11.5 Å². The van der Waals surface area contributed by atoms with Crippen molar-refractivity contribution >= 4 is 24.0 Å². The van der Waals surface area contributed by atoms with E-state index in [1.165, 1.54) is 0 Å². The molecule has 0 saturated heterocycles. The number of nitrogens with two attached hydrogens (primary N) is 1. The van der Waals surface area contributed by atoms with Crippen molar-refractivity contribution in [1.29, 1.82) is 0 Å². The van der Waals surface area contributed by atoms with Gasteiger partial charge in [0.05, 0.1) is 6.67 Å². The van der Waals surface area contributed by atoms with Gasteiger partial charge in [0.2, 0.25) is 6.79 Å². The molecule has 0 aromatic heterocycles. The van der Waals surface area contributed by atoms with Crippen LogP contribution < -0.4 is 15.2 Å². The molecule has 0 amide bonds. The van der Waals surface area contributed by atoms with Crippen molar-refractivity contribution in [3.05, 3.63) is 22.7 Å². The zero-order chi connectivity index (χ0) is 10.8. The molecule has 1 aliphatic rings. The van der Waals surface area contributed by atoms with E-state index in [1.54, 1.807) is 12.1 Å². The first kappa shape index (κ1) is 13.4. The van der Waals surface area contributed by atoms with Crippen LogP contribution in [0.2, 0.25) is 5.02 Å². The highest BCUT2D eigenvalue weighted by Crippen LogP contribution is 2.38. The van der Waals surface area contributed by atoms with Crippen LogP contribution >= 0.6 is 24.0 Å². The lowest BCUT2D eigenvalue weighted by Crippen LogP contribution is -2.11. The molecule has 90 valence electrons. The second-order valence-corrected chi connectivity index (χ2v) is 3.72. The lowest BCUT2D eigenvalue weighted by Gasteiger charge is -2.12. The van der Waals surface area contributed by atoms with Crippen LogP contribution in [0.25, 0.3) is 0 Å². The average Bonchev–Trinajstić information content (AvgIpc) is 2.63. The number of halogens is 3. The molecule has 1 aromatic rings. The fourth-order valence-corrected chi connectivity index (χ4v) is 1.78. The molecule has 1 aromatic carbocycles. The number of benzene rings is 1. The van der Waals surface area contributed by atoms with E-state index in [1.807, 2.05) is 0 Å². The smallest absolute Gasteiger partial charge is 0.231 e. The maximum absolute atomic E-state index is 12.2. The van der Waals surface area contributed by atoms with Crippen molar-refractivity contribution in [2.24, 2.45) is 5.73 Å². The minimum atomic E-state index is -0.466. The fraction of sp³-hybridized carbons (Fsp3) is 0.400. The van der Waals surface area contributed by atoms with E-state index in [4.69, 9.17) is 26.8 Å². The molecular weight excluding hydrogens is 256 g/mol. The zero-order valence-corrected chi connectivity index (χ0v) is 9.98. The third-order valence-corrected chi connectivity index (χ3v) is 2.64. The maximum Gasteiger partial charge on any atom is 0.231 e. The van der Waals surface area contributed by atoms with Gasteiger partial charge in [-0.1, -0.05) is 11.6 Å². The Labute approximate surface area is 104 Å². The molecule has 1 heterocycles. The number of alkyl halides is 1. The Morgan fingerprint density at radius 1 is 1.38 bits per heavy atom. The van der Waals surface area contributed by atoms with Crippen LogP contribution in [-0.4, -0.2) is 13.5 Å². The van der Waals surface area contributed by atoms with Gasteiger partial charge < -0.3 is 15.2 Å². The van der Waals surface area contributed by atoms with Crippen molar-refractivity contribution in [2.75, 3.05) is 13.5 Å². The standard InChI is InChI=1S/C10H11ClFNO2.ClH/c11-7-4-10-9(14-5-15-10)3-6(7)8(13)1-2-12;/h3-4,8H,1-2,5,13H2;1H/t8-;/m0./s1. The van der Waals surface area contributed by atoms with Crippen molar-refractivity contribution in [3.63, 3.8) is 0 Å². The second kappa shape index (κ2) is 5.57. The predicted octanol–water partition coefficient (Wildman–Crippen LogP) is 2.85. The van der Waals surface area contributed by atoms with Gasteiger partial charge in [0.15, 0.2) is 11.5 Å². The fourth-order valence-electron chi connectivity index (χ4n) is 1.49. The van der Waals surface area contributed by atoms with E-state index in [0.717, 1.165) is 0 Å². The number of hydrogen-bond acceptors (Lipinski definition) is 3. The summed E-state index contributed by atoms with van der Waals surface area (Å²) >= 11 is 6.00. The maximum atomic E-state index is 12.2. The minimum absolute atomic E-state index is 0. The van der Waals surface area contributed by atoms with Gasteiger partial charge in [-0.05, 0) is 18.1 Å². The summed E-state index contributed by atoms with van der Waals surface area (Å²) in [7, 11) is 0. The summed E-state index contributed by atoms with van der Waals surface area (Å²) in [5.41, 5.74) is 6.47.